The maximum atomic E-state index is 5.23. The van der Waals surface area contributed by atoms with Crippen molar-refractivity contribution in [3.63, 3.8) is 0 Å². The van der Waals surface area contributed by atoms with Crippen molar-refractivity contribution in [2.75, 3.05) is 20.7 Å². The predicted molar refractivity (Wildman–Crippen MR) is 113 cm³/mol. The van der Waals surface area contributed by atoms with Gasteiger partial charge in [-0.3, -0.25) is 0 Å². The van der Waals surface area contributed by atoms with Crippen molar-refractivity contribution in [1.29, 1.82) is 0 Å². The summed E-state index contributed by atoms with van der Waals surface area (Å²) < 4.78 is 7.70. The Morgan fingerprint density at radius 2 is 1.41 bits per heavy atom. The Hall–Kier alpha value is -2.78. The zero-order valence-electron chi connectivity index (χ0n) is 16.1. The van der Waals surface area contributed by atoms with Gasteiger partial charge in [0, 0.05) is 34.9 Å². The fraction of sp³-hybridized carbons (Fsp3) is 0.250. The first-order valence-electron chi connectivity index (χ1n) is 9.54. The summed E-state index contributed by atoms with van der Waals surface area (Å²) in [5, 5.41) is 2.69. The van der Waals surface area contributed by atoms with Crippen LogP contribution < -0.4 is 4.74 Å². The lowest BCUT2D eigenvalue weighted by Gasteiger charge is -2.17. The lowest BCUT2D eigenvalue weighted by Crippen LogP contribution is -2.20. The van der Waals surface area contributed by atoms with Crippen LogP contribution in [0.4, 0.5) is 0 Å². The van der Waals surface area contributed by atoms with Gasteiger partial charge in [-0.1, -0.05) is 48.5 Å². The number of hydrogen-bond acceptors (Lipinski definition) is 2. The monoisotopic (exact) mass is 358 g/mol. The first kappa shape index (κ1) is 17.6. The van der Waals surface area contributed by atoms with Crippen molar-refractivity contribution in [2.45, 2.75) is 19.5 Å². The van der Waals surface area contributed by atoms with Crippen molar-refractivity contribution in [3.05, 3.63) is 78.4 Å². The number of aromatic nitrogens is 1. The van der Waals surface area contributed by atoms with E-state index in [4.69, 9.17) is 4.74 Å². The van der Waals surface area contributed by atoms with Gasteiger partial charge in [0.25, 0.3) is 0 Å². The summed E-state index contributed by atoms with van der Waals surface area (Å²) in [6, 6.07) is 25.8. The van der Waals surface area contributed by atoms with Crippen LogP contribution in [0.5, 0.6) is 5.75 Å². The van der Waals surface area contributed by atoms with Crippen molar-refractivity contribution in [1.82, 2.24) is 9.47 Å². The van der Waals surface area contributed by atoms with Crippen LogP contribution in [0.15, 0.2) is 72.8 Å². The maximum Gasteiger partial charge on any atom is 0.118 e. The molecule has 0 saturated carbocycles. The summed E-state index contributed by atoms with van der Waals surface area (Å²) in [7, 11) is 3.89. The average molecular weight is 358 g/mol. The Morgan fingerprint density at radius 3 is 2.00 bits per heavy atom. The predicted octanol–water partition coefficient (Wildman–Crippen LogP) is 5.33. The van der Waals surface area contributed by atoms with Crippen LogP contribution in [0.2, 0.25) is 0 Å². The Bertz CT molecular complexity index is 980. The molecule has 0 aliphatic rings. The fourth-order valence-electron chi connectivity index (χ4n) is 3.86. The van der Waals surface area contributed by atoms with Gasteiger partial charge in [-0.15, -0.1) is 0 Å². The van der Waals surface area contributed by atoms with E-state index < -0.39 is 0 Å². The van der Waals surface area contributed by atoms with Gasteiger partial charge in [0.05, 0.1) is 7.11 Å². The van der Waals surface area contributed by atoms with Crippen LogP contribution in [0.3, 0.4) is 0 Å². The number of fused-ring (bicyclic) bond motifs is 3. The zero-order valence-corrected chi connectivity index (χ0v) is 16.1. The van der Waals surface area contributed by atoms with E-state index in [9.17, 15) is 0 Å². The van der Waals surface area contributed by atoms with Gasteiger partial charge in [-0.05, 0) is 49.8 Å². The van der Waals surface area contributed by atoms with E-state index in [-0.39, 0.29) is 0 Å². The summed E-state index contributed by atoms with van der Waals surface area (Å²) in [6.45, 7) is 3.05. The highest BCUT2D eigenvalue weighted by atomic mass is 16.5. The minimum Gasteiger partial charge on any atom is -0.497 e. The van der Waals surface area contributed by atoms with E-state index in [1.54, 1.807) is 7.11 Å². The van der Waals surface area contributed by atoms with Crippen LogP contribution >= 0.6 is 0 Å². The third-order valence-corrected chi connectivity index (χ3v) is 5.21. The van der Waals surface area contributed by atoms with Crippen LogP contribution in [0, 0.1) is 0 Å². The molecule has 0 N–H and O–H groups in total. The molecule has 4 aromatic rings. The molecule has 0 fully saturated rings. The number of hydrogen-bond donors (Lipinski definition) is 0. The Kier molecular flexibility index (Phi) is 5.12. The second-order valence-corrected chi connectivity index (χ2v) is 7.13. The molecule has 0 atom stereocenters. The highest BCUT2D eigenvalue weighted by Crippen LogP contribution is 2.28. The quantitative estimate of drug-likeness (QED) is 0.444. The smallest absolute Gasteiger partial charge is 0.118 e. The minimum atomic E-state index is 0.910. The van der Waals surface area contributed by atoms with Gasteiger partial charge in [-0.25, -0.2) is 0 Å². The molecular formula is C24H26N2O. The van der Waals surface area contributed by atoms with E-state index in [2.05, 4.69) is 77.2 Å². The summed E-state index contributed by atoms with van der Waals surface area (Å²) in [6.07, 6.45) is 1.12. The van der Waals surface area contributed by atoms with Gasteiger partial charge in [0.15, 0.2) is 0 Å². The molecule has 0 unspecified atom stereocenters. The third-order valence-electron chi connectivity index (χ3n) is 5.21. The average Bonchev–Trinajstić information content (AvgIpc) is 3.03. The molecule has 4 rings (SSSR count). The summed E-state index contributed by atoms with van der Waals surface area (Å²) in [5.74, 6) is 0.910. The number of methoxy groups -OCH3 is 1. The van der Waals surface area contributed by atoms with Gasteiger partial charge in [-0.2, -0.15) is 0 Å². The number of ether oxygens (including phenoxy) is 1. The number of aryl methyl sites for hydroxylation is 1. The Balaban J connectivity index is 1.44. The normalized spacial score (nSPS) is 11.5. The van der Waals surface area contributed by atoms with E-state index in [1.165, 1.54) is 27.4 Å². The Labute approximate surface area is 160 Å². The van der Waals surface area contributed by atoms with Gasteiger partial charge in [0.2, 0.25) is 0 Å². The molecule has 0 radical (unpaired) electrons. The van der Waals surface area contributed by atoms with Crippen molar-refractivity contribution >= 4 is 21.8 Å². The lowest BCUT2D eigenvalue weighted by atomic mass is 10.2. The minimum absolute atomic E-state index is 0.910. The van der Waals surface area contributed by atoms with Crippen LogP contribution in [0.25, 0.3) is 21.8 Å². The molecule has 1 heterocycles. The lowest BCUT2D eigenvalue weighted by molar-refractivity contribution is 0.315. The van der Waals surface area contributed by atoms with Crippen molar-refractivity contribution in [3.8, 4) is 5.75 Å². The van der Waals surface area contributed by atoms with E-state index in [1.807, 2.05) is 12.1 Å². The highest BCUT2D eigenvalue weighted by Gasteiger charge is 2.09. The van der Waals surface area contributed by atoms with Gasteiger partial charge in [0.1, 0.15) is 5.75 Å². The summed E-state index contributed by atoms with van der Waals surface area (Å²) >= 11 is 0. The molecule has 1 aromatic heterocycles. The first-order valence-corrected chi connectivity index (χ1v) is 9.54. The molecule has 3 nitrogen and oxygen atoms in total. The number of para-hydroxylation sites is 2. The maximum absolute atomic E-state index is 5.23. The second kappa shape index (κ2) is 7.85. The highest BCUT2D eigenvalue weighted by molar-refractivity contribution is 6.07. The summed E-state index contributed by atoms with van der Waals surface area (Å²) in [5.41, 5.74) is 3.98. The zero-order chi connectivity index (χ0) is 18.6. The first-order chi connectivity index (χ1) is 13.3. The third kappa shape index (κ3) is 3.69. The van der Waals surface area contributed by atoms with E-state index in [0.29, 0.717) is 0 Å². The molecule has 0 spiro atoms. The standard InChI is InChI=1S/C24H26N2O/c1-25(18-19-12-14-20(27-2)15-13-19)16-7-17-26-23-10-5-3-8-21(23)22-9-4-6-11-24(22)26/h3-6,8-15H,7,16-18H2,1-2H3. The number of nitrogens with zero attached hydrogens (tertiary/aromatic N) is 2. The van der Waals surface area contributed by atoms with Crippen LogP contribution in [0.1, 0.15) is 12.0 Å². The molecule has 0 aliphatic heterocycles. The number of benzene rings is 3. The fourth-order valence-corrected chi connectivity index (χ4v) is 3.86. The molecular weight excluding hydrogens is 332 g/mol. The van der Waals surface area contributed by atoms with E-state index >= 15 is 0 Å². The van der Waals surface area contributed by atoms with Gasteiger partial charge >= 0.3 is 0 Å². The topological polar surface area (TPSA) is 17.4 Å². The molecule has 3 heteroatoms. The van der Waals surface area contributed by atoms with Crippen LogP contribution in [-0.4, -0.2) is 30.2 Å². The van der Waals surface area contributed by atoms with Crippen molar-refractivity contribution in [2.24, 2.45) is 0 Å². The SMILES string of the molecule is COc1ccc(CN(C)CCCn2c3ccccc3c3ccccc32)cc1. The molecule has 0 amide bonds. The number of rotatable bonds is 7. The molecule has 3 aromatic carbocycles. The molecule has 0 saturated heterocycles. The Morgan fingerprint density at radius 1 is 0.815 bits per heavy atom. The van der Waals surface area contributed by atoms with Crippen LogP contribution in [-0.2, 0) is 13.1 Å². The molecule has 138 valence electrons. The summed E-state index contributed by atoms with van der Waals surface area (Å²) in [4.78, 5) is 2.38. The van der Waals surface area contributed by atoms with Gasteiger partial charge < -0.3 is 14.2 Å². The molecule has 0 aliphatic carbocycles. The molecule has 0 bridgehead atoms. The second-order valence-electron chi connectivity index (χ2n) is 7.13. The molecule has 27 heavy (non-hydrogen) atoms. The van der Waals surface area contributed by atoms with E-state index in [0.717, 1.165) is 31.8 Å². The van der Waals surface area contributed by atoms with Crippen molar-refractivity contribution < 1.29 is 4.74 Å². The largest absolute Gasteiger partial charge is 0.497 e.